The van der Waals surface area contributed by atoms with Crippen molar-refractivity contribution in [3.63, 3.8) is 0 Å². The van der Waals surface area contributed by atoms with E-state index in [4.69, 9.17) is 14.2 Å². The number of nitrogens with zero attached hydrogens (tertiary/aromatic N) is 1. The maximum atomic E-state index is 12.8. The molecule has 2 rings (SSSR count). The van der Waals surface area contributed by atoms with Crippen molar-refractivity contribution < 1.29 is 38.5 Å². The summed E-state index contributed by atoms with van der Waals surface area (Å²) < 4.78 is 15.5. The predicted octanol–water partition coefficient (Wildman–Crippen LogP) is 2.11. The number of esters is 3. The van der Waals surface area contributed by atoms with Gasteiger partial charge in [-0.05, 0) is 32.9 Å². The van der Waals surface area contributed by atoms with Gasteiger partial charge in [0.15, 0.2) is 11.4 Å². The summed E-state index contributed by atoms with van der Waals surface area (Å²) in [4.78, 5) is 49.3. The normalized spacial score (nSPS) is 10.2. The zero-order valence-corrected chi connectivity index (χ0v) is 16.8. The second-order valence-corrected chi connectivity index (χ2v) is 5.76. The molecule has 0 unspecified atom stereocenters. The molecule has 2 N–H and O–H groups in total. The van der Waals surface area contributed by atoms with Crippen molar-refractivity contribution in [1.82, 2.24) is 4.68 Å². The van der Waals surface area contributed by atoms with Crippen LogP contribution in [0.3, 0.4) is 0 Å². The Balaban J connectivity index is 2.46. The monoisotopic (exact) mass is 418 g/mol. The average molecular weight is 418 g/mol. The van der Waals surface area contributed by atoms with Crippen LogP contribution in [-0.4, -0.2) is 53.4 Å². The second kappa shape index (κ2) is 10.1. The summed E-state index contributed by atoms with van der Waals surface area (Å²) in [6.07, 6.45) is 1.03. The number of ether oxygens (including phenoxy) is 3. The number of amides is 1. The number of aromatic hydroxyl groups is 1. The Morgan fingerprint density at radius 3 is 1.90 bits per heavy atom. The molecule has 0 fully saturated rings. The van der Waals surface area contributed by atoms with E-state index in [1.807, 2.05) is 0 Å². The van der Waals surface area contributed by atoms with E-state index in [9.17, 15) is 24.3 Å². The minimum Gasteiger partial charge on any atom is -0.505 e. The highest BCUT2D eigenvalue weighted by molar-refractivity contribution is 6.09. The number of hydrogen-bond acceptors (Lipinski definition) is 8. The molecule has 0 aliphatic carbocycles. The number of carbonyl (C=O) groups is 4. The molecular formula is C20H22N2O8. The minimum atomic E-state index is -0.968. The lowest BCUT2D eigenvalue weighted by atomic mass is 10.1. The van der Waals surface area contributed by atoms with Crippen LogP contribution >= 0.6 is 0 Å². The van der Waals surface area contributed by atoms with E-state index >= 15 is 0 Å². The number of benzene rings is 1. The van der Waals surface area contributed by atoms with E-state index < -0.39 is 35.3 Å². The summed E-state index contributed by atoms with van der Waals surface area (Å²) >= 11 is 0. The van der Waals surface area contributed by atoms with Gasteiger partial charge in [0.1, 0.15) is 5.56 Å². The fourth-order valence-electron chi connectivity index (χ4n) is 2.57. The molecule has 0 saturated carbocycles. The SMILES string of the molecule is CCOC(=O)c1ccccc1C(=O)Nn1cc(C(=O)OCC)c(O)c1C(=O)OCC. The van der Waals surface area contributed by atoms with Gasteiger partial charge in [-0.15, -0.1) is 0 Å². The second-order valence-electron chi connectivity index (χ2n) is 5.76. The predicted molar refractivity (Wildman–Crippen MR) is 104 cm³/mol. The van der Waals surface area contributed by atoms with Gasteiger partial charge >= 0.3 is 17.9 Å². The van der Waals surface area contributed by atoms with Gasteiger partial charge in [0, 0.05) is 6.20 Å². The molecule has 10 nitrogen and oxygen atoms in total. The molecule has 0 radical (unpaired) electrons. The molecule has 0 aliphatic heterocycles. The first kappa shape index (κ1) is 22.5. The fourth-order valence-corrected chi connectivity index (χ4v) is 2.57. The van der Waals surface area contributed by atoms with E-state index in [1.54, 1.807) is 32.9 Å². The largest absolute Gasteiger partial charge is 0.505 e. The van der Waals surface area contributed by atoms with Crippen LogP contribution in [0.2, 0.25) is 0 Å². The number of aromatic nitrogens is 1. The van der Waals surface area contributed by atoms with Crippen LogP contribution in [0.15, 0.2) is 30.5 Å². The first-order valence-corrected chi connectivity index (χ1v) is 9.21. The van der Waals surface area contributed by atoms with Gasteiger partial charge in [-0.2, -0.15) is 0 Å². The van der Waals surface area contributed by atoms with Crippen molar-refractivity contribution in [2.75, 3.05) is 25.2 Å². The maximum Gasteiger partial charge on any atom is 0.360 e. The van der Waals surface area contributed by atoms with Crippen LogP contribution in [0.1, 0.15) is 62.3 Å². The van der Waals surface area contributed by atoms with Gasteiger partial charge in [0.2, 0.25) is 0 Å². The Morgan fingerprint density at radius 2 is 1.33 bits per heavy atom. The molecule has 0 bridgehead atoms. The minimum absolute atomic E-state index is 0.00215. The highest BCUT2D eigenvalue weighted by atomic mass is 16.5. The van der Waals surface area contributed by atoms with E-state index in [0.717, 1.165) is 10.9 Å². The highest BCUT2D eigenvalue weighted by Crippen LogP contribution is 2.26. The molecule has 1 aromatic heterocycles. The van der Waals surface area contributed by atoms with Gasteiger partial charge in [0.25, 0.3) is 5.91 Å². The lowest BCUT2D eigenvalue weighted by Crippen LogP contribution is -2.27. The maximum absolute atomic E-state index is 12.8. The smallest absolute Gasteiger partial charge is 0.360 e. The standard InChI is InChI=1S/C20H22N2O8/c1-4-28-18(25)13-10-8-7-9-12(13)17(24)21-22-11-14(19(26)29-5-2)16(23)15(22)20(27)30-6-3/h7-11,23H,4-6H2,1-3H3,(H,21,24). The number of nitrogens with one attached hydrogen (secondary N) is 1. The molecule has 10 heteroatoms. The fraction of sp³-hybridized carbons (Fsp3) is 0.300. The van der Waals surface area contributed by atoms with Crippen LogP contribution < -0.4 is 5.43 Å². The van der Waals surface area contributed by atoms with E-state index in [2.05, 4.69) is 5.43 Å². The zero-order chi connectivity index (χ0) is 22.3. The van der Waals surface area contributed by atoms with Crippen molar-refractivity contribution in [2.45, 2.75) is 20.8 Å². The topological polar surface area (TPSA) is 133 Å². The van der Waals surface area contributed by atoms with Gasteiger partial charge in [-0.25, -0.2) is 19.1 Å². The Bertz CT molecular complexity index is 964. The summed E-state index contributed by atoms with van der Waals surface area (Å²) in [7, 11) is 0. The third kappa shape index (κ3) is 4.77. The molecule has 2 aromatic rings. The van der Waals surface area contributed by atoms with Gasteiger partial charge in [-0.1, -0.05) is 12.1 Å². The molecule has 1 heterocycles. The highest BCUT2D eigenvalue weighted by Gasteiger charge is 2.29. The third-order valence-corrected chi connectivity index (χ3v) is 3.83. The summed E-state index contributed by atoms with van der Waals surface area (Å²) in [5.41, 5.74) is 1.54. The van der Waals surface area contributed by atoms with Crippen molar-refractivity contribution >= 4 is 23.8 Å². The summed E-state index contributed by atoms with van der Waals surface area (Å²) in [6, 6.07) is 5.91. The summed E-state index contributed by atoms with van der Waals surface area (Å²) in [6.45, 7) is 4.92. The van der Waals surface area contributed by atoms with Crippen molar-refractivity contribution in [2.24, 2.45) is 0 Å². The Labute approximate surface area is 172 Å². The zero-order valence-electron chi connectivity index (χ0n) is 16.8. The van der Waals surface area contributed by atoms with Crippen LogP contribution in [0.25, 0.3) is 0 Å². The molecule has 30 heavy (non-hydrogen) atoms. The molecule has 160 valence electrons. The Hall–Kier alpha value is -3.82. The number of hydrogen-bond donors (Lipinski definition) is 2. The lowest BCUT2D eigenvalue weighted by Gasteiger charge is -2.12. The third-order valence-electron chi connectivity index (χ3n) is 3.83. The summed E-state index contributed by atoms with van der Waals surface area (Å²) in [5, 5.41) is 10.4. The van der Waals surface area contributed by atoms with Crippen LogP contribution in [0.4, 0.5) is 0 Å². The number of rotatable bonds is 8. The van der Waals surface area contributed by atoms with E-state index in [1.165, 1.54) is 12.1 Å². The van der Waals surface area contributed by atoms with E-state index in [-0.39, 0.29) is 36.5 Å². The molecule has 1 aromatic carbocycles. The van der Waals surface area contributed by atoms with Gasteiger partial charge in [-0.3, -0.25) is 10.2 Å². The number of carbonyl (C=O) groups excluding carboxylic acids is 4. The van der Waals surface area contributed by atoms with Crippen LogP contribution in [-0.2, 0) is 14.2 Å². The Morgan fingerprint density at radius 1 is 0.833 bits per heavy atom. The quantitative estimate of drug-likeness (QED) is 0.492. The Kier molecular flexibility index (Phi) is 7.56. The van der Waals surface area contributed by atoms with Crippen molar-refractivity contribution in [3.05, 3.63) is 52.8 Å². The first-order chi connectivity index (χ1) is 14.3. The van der Waals surface area contributed by atoms with E-state index in [0.29, 0.717) is 0 Å². The average Bonchev–Trinajstić information content (AvgIpc) is 3.04. The molecule has 1 amide bonds. The molecular weight excluding hydrogens is 396 g/mol. The van der Waals surface area contributed by atoms with Crippen molar-refractivity contribution in [1.29, 1.82) is 0 Å². The van der Waals surface area contributed by atoms with Crippen molar-refractivity contribution in [3.8, 4) is 5.75 Å². The molecule has 0 aliphatic rings. The van der Waals surface area contributed by atoms with Crippen LogP contribution in [0, 0.1) is 0 Å². The lowest BCUT2D eigenvalue weighted by molar-refractivity contribution is 0.0504. The molecule has 0 spiro atoms. The molecule has 0 atom stereocenters. The van der Waals surface area contributed by atoms with Gasteiger partial charge in [0.05, 0.1) is 30.9 Å². The molecule has 0 saturated heterocycles. The van der Waals surface area contributed by atoms with Gasteiger partial charge < -0.3 is 19.3 Å². The first-order valence-electron chi connectivity index (χ1n) is 9.21. The van der Waals surface area contributed by atoms with Crippen LogP contribution in [0.5, 0.6) is 5.75 Å². The summed E-state index contributed by atoms with van der Waals surface area (Å²) in [5.74, 6) is -4.04.